The summed E-state index contributed by atoms with van der Waals surface area (Å²) in [5.41, 5.74) is -0.366. The Kier molecular flexibility index (Phi) is 11.4. The monoisotopic (exact) mass is 827 g/mol. The van der Waals surface area contributed by atoms with Crippen molar-refractivity contribution in [3.8, 4) is 6.01 Å². The van der Waals surface area contributed by atoms with E-state index in [0.717, 1.165) is 22.7 Å². The Morgan fingerprint density at radius 3 is 2.16 bits per heavy atom. The van der Waals surface area contributed by atoms with E-state index in [9.17, 15) is 44.8 Å². The van der Waals surface area contributed by atoms with Gasteiger partial charge in [0.15, 0.2) is 12.4 Å². The molecule has 3 atom stereocenters. The molecule has 1 unspecified atom stereocenters. The van der Waals surface area contributed by atoms with E-state index in [1.807, 2.05) is 16.9 Å². The summed E-state index contributed by atoms with van der Waals surface area (Å²) in [7, 11) is -1.85. The lowest BCUT2D eigenvalue weighted by molar-refractivity contribution is -0.154. The third-order valence-electron chi connectivity index (χ3n) is 10.1. The zero-order valence-corrected chi connectivity index (χ0v) is 31.8. The van der Waals surface area contributed by atoms with Crippen LogP contribution in [-0.4, -0.2) is 83.6 Å². The molecule has 3 N–H and O–H groups in total. The minimum atomic E-state index is -4.62. The van der Waals surface area contributed by atoms with Gasteiger partial charge in [0.2, 0.25) is 11.9 Å². The molecular weight excluding hydrogens is 789 g/mol. The van der Waals surface area contributed by atoms with Gasteiger partial charge in [0.05, 0.1) is 5.54 Å². The highest BCUT2D eigenvalue weighted by molar-refractivity contribution is 7.87. The van der Waals surface area contributed by atoms with Crippen molar-refractivity contribution in [3.05, 3.63) is 76.1 Å². The normalized spacial score (nSPS) is 21.9. The van der Waals surface area contributed by atoms with Gasteiger partial charge < -0.3 is 15.4 Å². The molecule has 3 aromatic rings. The molecule has 302 valence electrons. The number of carbonyl (C=O) groups excluding carboxylic acids is 3. The summed E-state index contributed by atoms with van der Waals surface area (Å²) in [5.74, 6) is -6.80. The molecule has 1 heterocycles. The van der Waals surface area contributed by atoms with Crippen LogP contribution >= 0.6 is 11.6 Å². The molecule has 56 heavy (non-hydrogen) atoms. The maximum atomic E-state index is 13.8. The largest absolute Gasteiger partial charge is 0.454 e. The summed E-state index contributed by atoms with van der Waals surface area (Å²) in [4.78, 5) is 51.3. The Morgan fingerprint density at radius 2 is 1.57 bits per heavy atom. The standard InChI is InChI=1S/C36H39ClF5N7O6S/c1-49(2)56(53,54)48-30(52)34(18-25(34)26-19-35(26,38)39)46-29(51)6-4-3-5-27(50)22-9-7-21(8-10-22)17-28-43-31(45-32(44-28)55-20-36(40,41)42)47-33(15-16-33)23-11-13-24(37)14-12-23/h7-14,25-26H,3-6,15-20H2,1-2H3,(H,46,51)(H,48,52)(H,43,44,45,47)/t25-,26?,34+/m0/s1. The number of amides is 2. The molecule has 2 amide bonds. The van der Waals surface area contributed by atoms with E-state index in [4.69, 9.17) is 16.3 Å². The number of nitrogens with zero attached hydrogens (tertiary/aromatic N) is 4. The first-order valence-corrected chi connectivity index (χ1v) is 19.6. The number of ether oxygens (including phenoxy) is 1. The Morgan fingerprint density at radius 1 is 0.929 bits per heavy atom. The van der Waals surface area contributed by atoms with Crippen LogP contribution in [0.4, 0.5) is 27.9 Å². The first-order chi connectivity index (χ1) is 26.2. The van der Waals surface area contributed by atoms with Crippen molar-refractivity contribution in [2.45, 2.75) is 81.0 Å². The second-order valence-electron chi connectivity index (χ2n) is 14.6. The Labute approximate surface area is 324 Å². The molecule has 20 heteroatoms. The number of unbranched alkanes of at least 4 members (excludes halogenated alkanes) is 1. The number of halogens is 6. The minimum absolute atomic E-state index is 0.0391. The van der Waals surface area contributed by atoms with Crippen LogP contribution in [0.1, 0.15) is 78.7 Å². The zero-order chi connectivity index (χ0) is 40.7. The van der Waals surface area contributed by atoms with Gasteiger partial charge >= 0.3 is 22.4 Å². The summed E-state index contributed by atoms with van der Waals surface area (Å²) < 4.78 is 98.4. The first-order valence-electron chi connectivity index (χ1n) is 17.7. The number of hydrogen-bond donors (Lipinski definition) is 3. The zero-order valence-electron chi connectivity index (χ0n) is 30.3. The van der Waals surface area contributed by atoms with Crippen LogP contribution in [0.5, 0.6) is 6.01 Å². The number of aromatic nitrogens is 3. The number of carbonyl (C=O) groups is 3. The number of alkyl halides is 5. The summed E-state index contributed by atoms with van der Waals surface area (Å²) >= 11 is 6.03. The van der Waals surface area contributed by atoms with E-state index in [2.05, 4.69) is 25.6 Å². The number of nitrogens with one attached hydrogen (secondary N) is 3. The summed E-state index contributed by atoms with van der Waals surface area (Å²) in [5, 5.41) is 6.27. The van der Waals surface area contributed by atoms with Crippen molar-refractivity contribution in [1.29, 1.82) is 0 Å². The van der Waals surface area contributed by atoms with E-state index < -0.39 is 76.1 Å². The fraction of sp³-hybridized carbons (Fsp3) is 0.500. The third-order valence-corrected chi connectivity index (χ3v) is 11.7. The van der Waals surface area contributed by atoms with E-state index in [0.29, 0.717) is 16.1 Å². The lowest BCUT2D eigenvalue weighted by atomic mass is 10.0. The van der Waals surface area contributed by atoms with Gasteiger partial charge in [0, 0.05) is 62.2 Å². The fourth-order valence-corrected chi connectivity index (χ4v) is 7.29. The van der Waals surface area contributed by atoms with Crippen molar-refractivity contribution in [1.82, 2.24) is 29.3 Å². The molecule has 0 aliphatic heterocycles. The van der Waals surface area contributed by atoms with Crippen molar-refractivity contribution >= 4 is 45.4 Å². The van der Waals surface area contributed by atoms with Gasteiger partial charge in [-0.15, -0.1) is 0 Å². The molecule has 3 aliphatic carbocycles. The molecule has 3 aliphatic rings. The van der Waals surface area contributed by atoms with E-state index >= 15 is 0 Å². The quantitative estimate of drug-likeness (QED) is 0.0862. The van der Waals surface area contributed by atoms with E-state index in [1.165, 1.54) is 14.1 Å². The van der Waals surface area contributed by atoms with Crippen LogP contribution in [-0.2, 0) is 31.8 Å². The van der Waals surface area contributed by atoms with Crippen LogP contribution in [0.3, 0.4) is 0 Å². The number of benzene rings is 2. The predicted octanol–water partition coefficient (Wildman–Crippen LogP) is 5.35. The number of ketones is 1. The lowest BCUT2D eigenvalue weighted by Crippen LogP contribution is -2.54. The molecule has 0 saturated heterocycles. The molecule has 2 aromatic carbocycles. The smallest absolute Gasteiger partial charge is 0.422 e. The van der Waals surface area contributed by atoms with Crippen LogP contribution in [0.2, 0.25) is 5.02 Å². The summed E-state index contributed by atoms with van der Waals surface area (Å²) in [6.07, 6.45) is -3.21. The van der Waals surface area contributed by atoms with Crippen LogP contribution in [0.15, 0.2) is 48.5 Å². The Hall–Kier alpha value is -4.49. The van der Waals surface area contributed by atoms with Gasteiger partial charge in [-0.3, -0.25) is 14.4 Å². The lowest BCUT2D eigenvalue weighted by Gasteiger charge is -2.21. The van der Waals surface area contributed by atoms with Crippen molar-refractivity contribution in [2.75, 3.05) is 26.0 Å². The summed E-state index contributed by atoms with van der Waals surface area (Å²) in [6.45, 7) is -1.59. The predicted molar refractivity (Wildman–Crippen MR) is 192 cm³/mol. The highest BCUT2D eigenvalue weighted by Crippen LogP contribution is 2.64. The second-order valence-corrected chi connectivity index (χ2v) is 16.9. The minimum Gasteiger partial charge on any atom is -0.454 e. The molecule has 6 rings (SSSR count). The van der Waals surface area contributed by atoms with Crippen LogP contribution < -0.4 is 20.1 Å². The topological polar surface area (TPSA) is 173 Å². The molecule has 3 fully saturated rings. The number of Topliss-reactive ketones (excluding diaryl/α,β-unsaturated/α-hetero) is 1. The SMILES string of the molecule is CN(C)S(=O)(=O)NC(=O)[C@@]1(NC(=O)CCCCC(=O)c2ccc(Cc3nc(NC4(c5ccc(Cl)cc5)CC4)nc(OCC(F)(F)F)n3)cc2)C[C@H]1C1CC1(F)F. The Balaban J connectivity index is 1.02. The van der Waals surface area contributed by atoms with Crippen molar-refractivity contribution in [3.63, 3.8) is 0 Å². The third kappa shape index (κ3) is 9.90. The van der Waals surface area contributed by atoms with Crippen LogP contribution in [0, 0.1) is 11.8 Å². The maximum absolute atomic E-state index is 13.8. The average molecular weight is 828 g/mol. The summed E-state index contributed by atoms with van der Waals surface area (Å²) in [6, 6.07) is 13.1. The highest BCUT2D eigenvalue weighted by atomic mass is 35.5. The molecule has 0 radical (unpaired) electrons. The molecule has 0 spiro atoms. The van der Waals surface area contributed by atoms with Gasteiger partial charge in [0.25, 0.3) is 11.8 Å². The Bertz CT molecular complexity index is 2090. The van der Waals surface area contributed by atoms with Gasteiger partial charge in [-0.05, 0) is 55.4 Å². The molecule has 1 aromatic heterocycles. The molecule has 3 saturated carbocycles. The number of hydrogen-bond acceptors (Lipinski definition) is 10. The highest BCUT2D eigenvalue weighted by Gasteiger charge is 2.74. The second kappa shape index (κ2) is 15.5. The van der Waals surface area contributed by atoms with Gasteiger partial charge in [-0.25, -0.2) is 13.5 Å². The first kappa shape index (κ1) is 41.2. The molecular formula is C36H39ClF5N7O6S. The number of anilines is 1. The maximum Gasteiger partial charge on any atom is 0.422 e. The fourth-order valence-electron chi connectivity index (χ4n) is 6.56. The van der Waals surface area contributed by atoms with Gasteiger partial charge in [-0.2, -0.15) is 40.8 Å². The van der Waals surface area contributed by atoms with E-state index in [-0.39, 0.29) is 56.1 Å². The van der Waals surface area contributed by atoms with Crippen molar-refractivity contribution < 1.29 is 49.5 Å². The van der Waals surface area contributed by atoms with E-state index in [1.54, 1.807) is 36.4 Å². The van der Waals surface area contributed by atoms with Gasteiger partial charge in [-0.1, -0.05) is 48.0 Å². The average Bonchev–Trinajstić information content (AvgIpc) is 4.07. The molecule has 0 bridgehead atoms. The van der Waals surface area contributed by atoms with Gasteiger partial charge in [0.1, 0.15) is 11.4 Å². The van der Waals surface area contributed by atoms with Crippen LogP contribution in [0.25, 0.3) is 0 Å². The van der Waals surface area contributed by atoms with Crippen molar-refractivity contribution in [2.24, 2.45) is 11.8 Å². The number of rotatable bonds is 18. The molecule has 13 nitrogen and oxygen atoms in total.